The van der Waals surface area contributed by atoms with Crippen LogP contribution < -0.4 is 15.8 Å². The minimum absolute atomic E-state index is 0. The first-order chi connectivity index (χ1) is 10.6. The SMILES string of the molecule is CCC(N)(CC)CNC(=O)CCNS(=O)(=O)c1cn(C)c(C)n1.Cl. The molecule has 0 unspecified atom stereocenters. The van der Waals surface area contributed by atoms with Crippen LogP contribution in [0.25, 0.3) is 0 Å². The topological polar surface area (TPSA) is 119 Å². The molecule has 1 aromatic heterocycles. The second kappa shape index (κ2) is 9.36. The zero-order valence-electron chi connectivity index (χ0n) is 14.6. The summed E-state index contributed by atoms with van der Waals surface area (Å²) in [4.78, 5) is 15.7. The second-order valence-corrected chi connectivity index (χ2v) is 7.45. The fourth-order valence-corrected chi connectivity index (χ4v) is 2.96. The van der Waals surface area contributed by atoms with Crippen LogP contribution in [0.15, 0.2) is 11.2 Å². The highest BCUT2D eigenvalue weighted by Gasteiger charge is 2.21. The van der Waals surface area contributed by atoms with Gasteiger partial charge in [-0.2, -0.15) is 0 Å². The highest BCUT2D eigenvalue weighted by atomic mass is 35.5. The summed E-state index contributed by atoms with van der Waals surface area (Å²) in [6.07, 6.45) is 3.00. The van der Waals surface area contributed by atoms with Crippen molar-refractivity contribution in [2.45, 2.75) is 50.6 Å². The maximum Gasteiger partial charge on any atom is 0.259 e. The number of hydrogen-bond acceptors (Lipinski definition) is 5. The molecule has 0 fully saturated rings. The van der Waals surface area contributed by atoms with Crippen molar-refractivity contribution in [2.24, 2.45) is 12.8 Å². The molecule has 0 saturated heterocycles. The van der Waals surface area contributed by atoms with Crippen LogP contribution in [-0.4, -0.2) is 42.5 Å². The molecule has 8 nitrogen and oxygen atoms in total. The van der Waals surface area contributed by atoms with Crippen LogP contribution in [0.5, 0.6) is 0 Å². The zero-order valence-corrected chi connectivity index (χ0v) is 16.3. The first-order valence-corrected chi connectivity index (χ1v) is 9.17. The molecule has 0 atom stereocenters. The lowest BCUT2D eigenvalue weighted by molar-refractivity contribution is -0.121. The van der Waals surface area contributed by atoms with E-state index in [0.717, 1.165) is 12.8 Å². The Hall–Kier alpha value is -1.16. The molecule has 0 saturated carbocycles. The number of halogens is 1. The standard InChI is InChI=1S/C14H27N5O3S.ClH/c1-5-14(15,6-2)10-16-12(20)7-8-17-23(21,22)13-9-19(4)11(3)18-13;/h9,17H,5-8,10,15H2,1-4H3,(H,16,20);1H. The van der Waals surface area contributed by atoms with Crippen molar-refractivity contribution in [1.82, 2.24) is 19.6 Å². The molecule has 0 aliphatic carbocycles. The number of carbonyl (C=O) groups is 1. The van der Waals surface area contributed by atoms with Gasteiger partial charge in [-0.25, -0.2) is 18.1 Å². The van der Waals surface area contributed by atoms with Gasteiger partial charge in [0.25, 0.3) is 10.0 Å². The lowest BCUT2D eigenvalue weighted by Gasteiger charge is -2.26. The van der Waals surface area contributed by atoms with Crippen molar-refractivity contribution >= 4 is 28.3 Å². The lowest BCUT2D eigenvalue weighted by atomic mass is 9.94. The largest absolute Gasteiger partial charge is 0.354 e. The van der Waals surface area contributed by atoms with E-state index in [1.165, 1.54) is 6.20 Å². The van der Waals surface area contributed by atoms with Crippen molar-refractivity contribution in [3.63, 3.8) is 0 Å². The Morgan fingerprint density at radius 1 is 1.38 bits per heavy atom. The molecule has 10 heteroatoms. The number of amides is 1. The molecule has 0 spiro atoms. The van der Waals surface area contributed by atoms with Gasteiger partial charge in [-0.15, -0.1) is 12.4 Å². The molecule has 0 aliphatic rings. The molecule has 0 bridgehead atoms. The summed E-state index contributed by atoms with van der Waals surface area (Å²) in [7, 11) is -1.98. The van der Waals surface area contributed by atoms with E-state index in [1.807, 2.05) is 13.8 Å². The minimum Gasteiger partial charge on any atom is -0.354 e. The fraction of sp³-hybridized carbons (Fsp3) is 0.714. The third-order valence-corrected chi connectivity index (χ3v) is 5.38. The number of aryl methyl sites for hydroxylation is 2. The van der Waals surface area contributed by atoms with Crippen molar-refractivity contribution in [1.29, 1.82) is 0 Å². The average molecular weight is 382 g/mol. The van der Waals surface area contributed by atoms with Crippen LogP contribution in [-0.2, 0) is 21.9 Å². The van der Waals surface area contributed by atoms with Crippen LogP contribution in [0, 0.1) is 6.92 Å². The van der Waals surface area contributed by atoms with E-state index in [9.17, 15) is 13.2 Å². The van der Waals surface area contributed by atoms with Crippen molar-refractivity contribution in [3.8, 4) is 0 Å². The van der Waals surface area contributed by atoms with E-state index >= 15 is 0 Å². The number of hydrogen-bond donors (Lipinski definition) is 3. The third kappa shape index (κ3) is 6.39. The number of rotatable bonds is 9. The van der Waals surface area contributed by atoms with Gasteiger partial charge in [0, 0.05) is 38.3 Å². The fourth-order valence-electron chi connectivity index (χ4n) is 1.89. The normalized spacial score (nSPS) is 11.9. The molecule has 1 amide bonds. The van der Waals surface area contributed by atoms with E-state index in [2.05, 4.69) is 15.0 Å². The first kappa shape index (κ1) is 22.8. The Labute approximate surface area is 150 Å². The number of nitrogens with one attached hydrogen (secondary N) is 2. The van der Waals surface area contributed by atoms with Gasteiger partial charge in [-0.3, -0.25) is 4.79 Å². The number of imidazole rings is 1. The summed E-state index contributed by atoms with van der Waals surface area (Å²) >= 11 is 0. The molecule has 1 aromatic rings. The summed E-state index contributed by atoms with van der Waals surface area (Å²) in [5.41, 5.74) is 5.68. The maximum absolute atomic E-state index is 12.1. The Morgan fingerprint density at radius 3 is 2.42 bits per heavy atom. The maximum atomic E-state index is 12.1. The summed E-state index contributed by atoms with van der Waals surface area (Å²) in [5.74, 6) is 0.364. The molecule has 1 rings (SSSR count). The molecular weight excluding hydrogens is 354 g/mol. The third-order valence-electron chi connectivity index (χ3n) is 4.05. The average Bonchev–Trinajstić information content (AvgIpc) is 2.85. The molecule has 1 heterocycles. The highest BCUT2D eigenvalue weighted by molar-refractivity contribution is 7.89. The van der Waals surface area contributed by atoms with Gasteiger partial charge >= 0.3 is 0 Å². The Morgan fingerprint density at radius 2 is 1.96 bits per heavy atom. The molecule has 24 heavy (non-hydrogen) atoms. The van der Waals surface area contributed by atoms with Crippen molar-refractivity contribution in [3.05, 3.63) is 12.0 Å². The minimum atomic E-state index is -3.70. The van der Waals surface area contributed by atoms with Crippen LogP contribution in [0.2, 0.25) is 0 Å². The van der Waals surface area contributed by atoms with Gasteiger partial charge in [0.05, 0.1) is 0 Å². The van der Waals surface area contributed by atoms with Gasteiger partial charge < -0.3 is 15.6 Å². The lowest BCUT2D eigenvalue weighted by Crippen LogP contribution is -2.49. The van der Waals surface area contributed by atoms with Gasteiger partial charge in [0.2, 0.25) is 5.91 Å². The predicted molar refractivity (Wildman–Crippen MR) is 95.5 cm³/mol. The van der Waals surface area contributed by atoms with E-state index < -0.39 is 15.6 Å². The zero-order chi connectivity index (χ0) is 17.7. The Bertz CT molecular complexity index is 621. The van der Waals surface area contributed by atoms with E-state index in [0.29, 0.717) is 12.4 Å². The summed E-state index contributed by atoms with van der Waals surface area (Å²) in [6, 6.07) is 0. The van der Waals surface area contributed by atoms with E-state index in [1.54, 1.807) is 18.5 Å². The molecular formula is C14H28ClN5O3S. The van der Waals surface area contributed by atoms with Crippen LogP contribution in [0.4, 0.5) is 0 Å². The summed E-state index contributed by atoms with van der Waals surface area (Å²) < 4.78 is 28.1. The second-order valence-electron chi connectivity index (χ2n) is 5.73. The summed E-state index contributed by atoms with van der Waals surface area (Å²) in [6.45, 7) is 6.05. The monoisotopic (exact) mass is 381 g/mol. The van der Waals surface area contributed by atoms with E-state index in [-0.39, 0.29) is 36.3 Å². The van der Waals surface area contributed by atoms with Crippen molar-refractivity contribution < 1.29 is 13.2 Å². The van der Waals surface area contributed by atoms with Gasteiger partial charge in [0.15, 0.2) is 5.03 Å². The number of sulfonamides is 1. The predicted octanol–water partition coefficient (Wildman–Crippen LogP) is 0.452. The Kier molecular flexibility index (Phi) is 8.90. The number of nitrogens with two attached hydrogens (primary N) is 1. The molecule has 0 radical (unpaired) electrons. The van der Waals surface area contributed by atoms with Crippen LogP contribution >= 0.6 is 12.4 Å². The molecule has 0 aliphatic heterocycles. The molecule has 4 N–H and O–H groups in total. The van der Waals surface area contributed by atoms with Gasteiger partial charge in [0.1, 0.15) is 5.82 Å². The van der Waals surface area contributed by atoms with Crippen molar-refractivity contribution in [2.75, 3.05) is 13.1 Å². The summed E-state index contributed by atoms with van der Waals surface area (Å²) in [5, 5.41) is 2.70. The van der Waals surface area contributed by atoms with E-state index in [4.69, 9.17) is 5.73 Å². The molecule has 0 aromatic carbocycles. The highest BCUT2D eigenvalue weighted by Crippen LogP contribution is 2.09. The number of nitrogens with zero attached hydrogens (tertiary/aromatic N) is 2. The number of carbonyl (C=O) groups excluding carboxylic acids is 1. The first-order valence-electron chi connectivity index (χ1n) is 7.68. The van der Waals surface area contributed by atoms with Gasteiger partial charge in [-0.1, -0.05) is 13.8 Å². The van der Waals surface area contributed by atoms with Crippen LogP contribution in [0.3, 0.4) is 0 Å². The Balaban J connectivity index is 0.00000529. The quantitative estimate of drug-likeness (QED) is 0.573. The molecule has 140 valence electrons. The van der Waals surface area contributed by atoms with Gasteiger partial charge in [-0.05, 0) is 19.8 Å². The van der Waals surface area contributed by atoms with Crippen LogP contribution in [0.1, 0.15) is 38.9 Å². The number of aromatic nitrogens is 2. The smallest absolute Gasteiger partial charge is 0.259 e.